The minimum atomic E-state index is -0.354. The molecule has 0 atom stereocenters. The van der Waals surface area contributed by atoms with E-state index in [4.69, 9.17) is 4.74 Å². The van der Waals surface area contributed by atoms with Crippen LogP contribution in [0.2, 0.25) is 0 Å². The summed E-state index contributed by atoms with van der Waals surface area (Å²) in [4.78, 5) is 20.3. The number of pyridine rings is 1. The van der Waals surface area contributed by atoms with Gasteiger partial charge in [0.2, 0.25) is 5.88 Å². The molecule has 5 nitrogen and oxygen atoms in total. The number of esters is 1. The van der Waals surface area contributed by atoms with Crippen molar-refractivity contribution in [1.82, 2.24) is 14.9 Å². The van der Waals surface area contributed by atoms with Crippen LogP contribution in [0, 0.1) is 0 Å². The fourth-order valence-corrected chi connectivity index (χ4v) is 1.81. The monoisotopic (exact) mass is 247 g/mol. The van der Waals surface area contributed by atoms with E-state index in [2.05, 4.69) is 14.9 Å². The number of aromatic nitrogens is 2. The van der Waals surface area contributed by atoms with Crippen LogP contribution in [0.1, 0.15) is 12.5 Å². The van der Waals surface area contributed by atoms with E-state index in [0.29, 0.717) is 5.88 Å². The van der Waals surface area contributed by atoms with Crippen LogP contribution in [0.25, 0.3) is 10.9 Å². The normalized spacial score (nSPS) is 11.1. The standard InChI is InChI=1S/C13H17N3O2/c1-9(17)18-13-6-11-10(4-5-16(2)3)7-14-12(11)8-15-13/h6-8,14H,4-5H2,1-3H3. The Morgan fingerprint density at radius 3 is 2.94 bits per heavy atom. The maximum Gasteiger partial charge on any atom is 0.309 e. The number of ether oxygens (including phenoxy) is 1. The Bertz CT molecular complexity index is 560. The molecule has 0 aliphatic carbocycles. The zero-order chi connectivity index (χ0) is 13.1. The summed E-state index contributed by atoms with van der Waals surface area (Å²) in [5.74, 6) is -0.00655. The molecule has 0 bridgehead atoms. The number of fused-ring (bicyclic) bond motifs is 1. The number of likely N-dealkylation sites (N-methyl/N-ethyl adjacent to an activating group) is 1. The molecule has 96 valence electrons. The van der Waals surface area contributed by atoms with Gasteiger partial charge in [0.05, 0.1) is 11.7 Å². The molecule has 0 radical (unpaired) electrons. The Balaban J connectivity index is 2.28. The molecular weight excluding hydrogens is 230 g/mol. The van der Waals surface area contributed by atoms with Crippen LogP contribution in [0.3, 0.4) is 0 Å². The Labute approximate surface area is 106 Å². The lowest BCUT2D eigenvalue weighted by Crippen LogP contribution is -2.14. The quantitative estimate of drug-likeness (QED) is 0.834. The van der Waals surface area contributed by atoms with Crippen molar-refractivity contribution in [1.29, 1.82) is 0 Å². The lowest BCUT2D eigenvalue weighted by atomic mass is 10.1. The summed E-state index contributed by atoms with van der Waals surface area (Å²) in [6, 6.07) is 1.80. The summed E-state index contributed by atoms with van der Waals surface area (Å²) in [6.07, 6.45) is 4.61. The number of carbonyl (C=O) groups excluding carboxylic acids is 1. The van der Waals surface area contributed by atoms with Crippen molar-refractivity contribution in [2.75, 3.05) is 20.6 Å². The molecule has 5 heteroatoms. The summed E-state index contributed by atoms with van der Waals surface area (Å²) < 4.78 is 5.00. The van der Waals surface area contributed by atoms with Crippen molar-refractivity contribution in [3.63, 3.8) is 0 Å². The second kappa shape index (κ2) is 5.18. The molecule has 0 saturated heterocycles. The third-order valence-electron chi connectivity index (χ3n) is 2.70. The smallest absolute Gasteiger partial charge is 0.309 e. The highest BCUT2D eigenvalue weighted by Crippen LogP contribution is 2.22. The highest BCUT2D eigenvalue weighted by Gasteiger charge is 2.07. The first-order valence-electron chi connectivity index (χ1n) is 5.85. The molecule has 0 aromatic carbocycles. The molecule has 2 heterocycles. The molecule has 0 fully saturated rings. The van der Waals surface area contributed by atoms with E-state index in [1.165, 1.54) is 12.5 Å². The molecule has 1 N–H and O–H groups in total. The molecular formula is C13H17N3O2. The Hall–Kier alpha value is -1.88. The first kappa shape index (κ1) is 12.6. The van der Waals surface area contributed by atoms with Crippen molar-refractivity contribution in [2.24, 2.45) is 0 Å². The topological polar surface area (TPSA) is 58.2 Å². The van der Waals surface area contributed by atoms with Crippen LogP contribution in [-0.2, 0) is 11.2 Å². The van der Waals surface area contributed by atoms with Crippen LogP contribution >= 0.6 is 0 Å². The molecule has 2 aromatic rings. The first-order valence-corrected chi connectivity index (χ1v) is 5.85. The number of rotatable bonds is 4. The van der Waals surface area contributed by atoms with Crippen LogP contribution in [-0.4, -0.2) is 41.5 Å². The minimum Gasteiger partial charge on any atom is -0.408 e. The highest BCUT2D eigenvalue weighted by atomic mass is 16.5. The fourth-order valence-electron chi connectivity index (χ4n) is 1.81. The van der Waals surface area contributed by atoms with Gasteiger partial charge in [-0.15, -0.1) is 0 Å². The molecule has 0 saturated carbocycles. The van der Waals surface area contributed by atoms with Gasteiger partial charge >= 0.3 is 5.97 Å². The number of aromatic amines is 1. The number of nitrogens with zero attached hydrogens (tertiary/aromatic N) is 2. The molecule has 18 heavy (non-hydrogen) atoms. The van der Waals surface area contributed by atoms with E-state index in [1.54, 1.807) is 12.3 Å². The van der Waals surface area contributed by atoms with Crippen LogP contribution in [0.5, 0.6) is 5.88 Å². The Kier molecular flexibility index (Phi) is 3.62. The molecule has 0 amide bonds. The van der Waals surface area contributed by atoms with Gasteiger partial charge in [-0.2, -0.15) is 0 Å². The SMILES string of the molecule is CC(=O)Oc1cc2c(CCN(C)C)c[nH]c2cn1. The maximum atomic E-state index is 10.9. The predicted molar refractivity (Wildman–Crippen MR) is 69.7 cm³/mol. The van der Waals surface area contributed by atoms with Crippen molar-refractivity contribution in [2.45, 2.75) is 13.3 Å². The average Bonchev–Trinajstić information content (AvgIpc) is 2.68. The van der Waals surface area contributed by atoms with Crippen LogP contribution < -0.4 is 4.74 Å². The Morgan fingerprint density at radius 2 is 2.28 bits per heavy atom. The van der Waals surface area contributed by atoms with Gasteiger partial charge in [0, 0.05) is 31.1 Å². The van der Waals surface area contributed by atoms with Crippen LogP contribution in [0.15, 0.2) is 18.5 Å². The van der Waals surface area contributed by atoms with E-state index in [1.807, 2.05) is 20.3 Å². The summed E-state index contributed by atoms with van der Waals surface area (Å²) in [5.41, 5.74) is 2.16. The van der Waals surface area contributed by atoms with E-state index in [0.717, 1.165) is 23.9 Å². The van der Waals surface area contributed by atoms with Crippen molar-refractivity contribution >= 4 is 16.9 Å². The molecule has 0 aliphatic heterocycles. The van der Waals surface area contributed by atoms with Gasteiger partial charge in [0.25, 0.3) is 0 Å². The zero-order valence-corrected chi connectivity index (χ0v) is 10.9. The van der Waals surface area contributed by atoms with Crippen molar-refractivity contribution in [3.8, 4) is 5.88 Å². The molecule has 0 spiro atoms. The highest BCUT2D eigenvalue weighted by molar-refractivity contribution is 5.84. The van der Waals surface area contributed by atoms with Gasteiger partial charge < -0.3 is 14.6 Å². The number of carbonyl (C=O) groups is 1. The summed E-state index contributed by atoms with van der Waals surface area (Å²) in [5, 5.41) is 1.06. The second-order valence-corrected chi connectivity index (χ2v) is 4.53. The number of H-pyrrole nitrogens is 1. The summed E-state index contributed by atoms with van der Waals surface area (Å²) in [6.45, 7) is 2.34. The third kappa shape index (κ3) is 2.87. The predicted octanol–water partition coefficient (Wildman–Crippen LogP) is 1.59. The van der Waals surface area contributed by atoms with E-state index < -0.39 is 0 Å². The zero-order valence-electron chi connectivity index (χ0n) is 10.9. The fraction of sp³-hybridized carbons (Fsp3) is 0.385. The van der Waals surface area contributed by atoms with Gasteiger partial charge in [0.15, 0.2) is 0 Å². The van der Waals surface area contributed by atoms with Gasteiger partial charge in [-0.3, -0.25) is 4.79 Å². The minimum absolute atomic E-state index is 0.348. The Morgan fingerprint density at radius 1 is 1.50 bits per heavy atom. The molecule has 2 aromatic heterocycles. The van der Waals surface area contributed by atoms with E-state index >= 15 is 0 Å². The molecule has 2 rings (SSSR count). The van der Waals surface area contributed by atoms with Gasteiger partial charge in [-0.05, 0) is 26.1 Å². The average molecular weight is 247 g/mol. The largest absolute Gasteiger partial charge is 0.408 e. The number of hydrogen-bond donors (Lipinski definition) is 1. The van der Waals surface area contributed by atoms with Gasteiger partial charge in [-0.25, -0.2) is 4.98 Å². The van der Waals surface area contributed by atoms with Gasteiger partial charge in [0.1, 0.15) is 0 Å². The molecule has 0 unspecified atom stereocenters. The van der Waals surface area contributed by atoms with E-state index in [-0.39, 0.29) is 5.97 Å². The third-order valence-corrected chi connectivity index (χ3v) is 2.70. The summed E-state index contributed by atoms with van der Waals surface area (Å²) in [7, 11) is 4.08. The summed E-state index contributed by atoms with van der Waals surface area (Å²) >= 11 is 0. The number of nitrogens with one attached hydrogen (secondary N) is 1. The van der Waals surface area contributed by atoms with Crippen LogP contribution in [0.4, 0.5) is 0 Å². The van der Waals surface area contributed by atoms with E-state index in [9.17, 15) is 4.79 Å². The second-order valence-electron chi connectivity index (χ2n) is 4.53. The van der Waals surface area contributed by atoms with Gasteiger partial charge in [-0.1, -0.05) is 0 Å². The molecule has 0 aliphatic rings. The van der Waals surface area contributed by atoms with Crippen molar-refractivity contribution in [3.05, 3.63) is 24.0 Å². The maximum absolute atomic E-state index is 10.9. The number of hydrogen-bond acceptors (Lipinski definition) is 4. The lowest BCUT2D eigenvalue weighted by molar-refractivity contribution is -0.132. The lowest BCUT2D eigenvalue weighted by Gasteiger charge is -2.08. The first-order chi connectivity index (χ1) is 8.56. The van der Waals surface area contributed by atoms with Crippen molar-refractivity contribution < 1.29 is 9.53 Å².